The van der Waals surface area contributed by atoms with Crippen LogP contribution in [0.2, 0.25) is 0 Å². The lowest BCUT2D eigenvalue weighted by Gasteiger charge is -2.15. The molecule has 0 aromatic carbocycles. The van der Waals surface area contributed by atoms with Crippen molar-refractivity contribution >= 4 is 28.2 Å². The zero-order valence-corrected chi connectivity index (χ0v) is 10.6. The van der Waals surface area contributed by atoms with E-state index in [-0.39, 0.29) is 10.7 Å². The van der Waals surface area contributed by atoms with Crippen LogP contribution in [0.4, 0.5) is 19.7 Å². The van der Waals surface area contributed by atoms with Gasteiger partial charge in [-0.2, -0.15) is 0 Å². The highest BCUT2D eigenvalue weighted by atomic mass is 32.1. The number of nitrogens with one attached hydrogen (secondary N) is 1. The largest absolute Gasteiger partial charge is 0.382 e. The van der Waals surface area contributed by atoms with Crippen molar-refractivity contribution in [2.24, 2.45) is 0 Å². The number of hydrogen-bond donors (Lipinski definition) is 2. The van der Waals surface area contributed by atoms with Crippen molar-refractivity contribution in [3.63, 3.8) is 0 Å². The molecule has 1 saturated carbocycles. The fourth-order valence-electron chi connectivity index (χ4n) is 1.41. The fraction of sp³-hybridized carbons (Fsp3) is 0.600. The van der Waals surface area contributed by atoms with E-state index in [1.807, 2.05) is 0 Å². The van der Waals surface area contributed by atoms with Crippen molar-refractivity contribution in [3.8, 4) is 0 Å². The quantitative estimate of drug-likeness (QED) is 0.857. The topological polar surface area (TPSA) is 71.2 Å². The number of nitrogens with zero attached hydrogens (tertiary/aromatic N) is 2. The lowest BCUT2D eigenvalue weighted by Crippen LogP contribution is -2.31. The van der Waals surface area contributed by atoms with E-state index in [4.69, 9.17) is 5.73 Å². The number of alkyl halides is 2. The number of rotatable bonds is 5. The monoisotopic (exact) mass is 276 g/mol. The summed E-state index contributed by atoms with van der Waals surface area (Å²) in [5.41, 5.74) is 5.63. The van der Waals surface area contributed by atoms with Crippen LogP contribution in [-0.4, -0.2) is 41.9 Å². The first kappa shape index (κ1) is 13.0. The van der Waals surface area contributed by atoms with Gasteiger partial charge in [-0.3, -0.25) is 4.79 Å². The molecule has 8 heteroatoms. The molecule has 18 heavy (non-hydrogen) atoms. The molecule has 0 spiro atoms. The molecule has 1 fully saturated rings. The Kier molecular flexibility index (Phi) is 3.65. The van der Waals surface area contributed by atoms with Gasteiger partial charge in [-0.05, 0) is 12.8 Å². The first-order chi connectivity index (χ1) is 8.47. The van der Waals surface area contributed by atoms with Crippen molar-refractivity contribution in [2.75, 3.05) is 24.6 Å². The van der Waals surface area contributed by atoms with Crippen LogP contribution >= 0.6 is 11.3 Å². The fourth-order valence-corrected chi connectivity index (χ4v) is 2.37. The number of carbonyl (C=O) groups is 1. The molecule has 100 valence electrons. The van der Waals surface area contributed by atoms with Crippen LogP contribution < -0.4 is 11.1 Å². The molecule has 0 radical (unpaired) electrons. The average Bonchev–Trinajstić information content (AvgIpc) is 3.00. The predicted molar refractivity (Wildman–Crippen MR) is 66.1 cm³/mol. The number of aromatic nitrogens is 1. The number of thiazole rings is 1. The van der Waals surface area contributed by atoms with Crippen LogP contribution in [0.5, 0.6) is 0 Å². The van der Waals surface area contributed by atoms with E-state index in [0.717, 1.165) is 29.1 Å². The molecule has 1 amide bonds. The van der Waals surface area contributed by atoms with E-state index >= 15 is 0 Å². The maximum atomic E-state index is 12.2. The normalized spacial score (nSPS) is 14.9. The van der Waals surface area contributed by atoms with Gasteiger partial charge < -0.3 is 16.0 Å². The van der Waals surface area contributed by atoms with Crippen molar-refractivity contribution in [3.05, 3.63) is 4.88 Å². The number of nitrogens with two attached hydrogens (primary N) is 1. The molecule has 0 saturated heterocycles. The molecule has 1 heterocycles. The van der Waals surface area contributed by atoms with Crippen molar-refractivity contribution in [2.45, 2.75) is 25.3 Å². The lowest BCUT2D eigenvalue weighted by molar-refractivity contribution is 0.0625. The summed E-state index contributed by atoms with van der Waals surface area (Å²) in [5, 5.41) is 3.69. The average molecular weight is 276 g/mol. The van der Waals surface area contributed by atoms with Gasteiger partial charge >= 0.3 is 0 Å². The van der Waals surface area contributed by atoms with E-state index in [2.05, 4.69) is 10.3 Å². The van der Waals surface area contributed by atoms with Crippen LogP contribution in [0.1, 0.15) is 22.5 Å². The maximum Gasteiger partial charge on any atom is 0.267 e. The summed E-state index contributed by atoms with van der Waals surface area (Å²) in [6.07, 6.45) is -0.403. The first-order valence-electron chi connectivity index (χ1n) is 5.54. The number of nitrogen functional groups attached to an aromatic ring is 1. The summed E-state index contributed by atoms with van der Waals surface area (Å²) >= 11 is 1.11. The molecule has 2 rings (SSSR count). The third-order valence-electron chi connectivity index (χ3n) is 2.51. The Bertz CT molecular complexity index is 447. The molecule has 0 atom stereocenters. The van der Waals surface area contributed by atoms with E-state index in [0.29, 0.717) is 11.2 Å². The summed E-state index contributed by atoms with van der Waals surface area (Å²) in [6, 6.07) is 0.400. The second kappa shape index (κ2) is 5.05. The summed E-state index contributed by atoms with van der Waals surface area (Å²) < 4.78 is 24.4. The standard InChI is InChI=1S/C10H14F2N4OS/c1-16(4-6(11)12)9(17)7-8(13)15-10(18-7)14-5-2-3-5/h5-6H,2-4,13H2,1H3,(H,14,15). The Hall–Kier alpha value is -1.44. The number of carbonyl (C=O) groups excluding carboxylic acids is 1. The Balaban J connectivity index is 2.06. The first-order valence-corrected chi connectivity index (χ1v) is 6.35. The smallest absolute Gasteiger partial charge is 0.267 e. The molecule has 1 aromatic heterocycles. The van der Waals surface area contributed by atoms with Gasteiger partial charge in [-0.25, -0.2) is 13.8 Å². The molecule has 0 aliphatic heterocycles. The Morgan fingerprint density at radius 2 is 2.33 bits per heavy atom. The number of halogens is 2. The molecule has 1 aliphatic carbocycles. The molecule has 1 aromatic rings. The zero-order valence-electron chi connectivity index (χ0n) is 9.82. The van der Waals surface area contributed by atoms with Gasteiger partial charge in [-0.15, -0.1) is 0 Å². The number of anilines is 2. The van der Waals surface area contributed by atoms with Crippen LogP contribution in [0.25, 0.3) is 0 Å². The highest BCUT2D eigenvalue weighted by Gasteiger charge is 2.25. The molecule has 0 unspecified atom stereocenters. The van der Waals surface area contributed by atoms with Crippen LogP contribution in [-0.2, 0) is 0 Å². The minimum atomic E-state index is -2.56. The third kappa shape index (κ3) is 3.06. The minimum Gasteiger partial charge on any atom is -0.382 e. The molecule has 0 bridgehead atoms. The third-order valence-corrected chi connectivity index (χ3v) is 3.50. The van der Waals surface area contributed by atoms with Crippen LogP contribution in [0, 0.1) is 0 Å². The molecule has 5 nitrogen and oxygen atoms in total. The van der Waals surface area contributed by atoms with E-state index in [9.17, 15) is 13.6 Å². The summed E-state index contributed by atoms with van der Waals surface area (Å²) in [6.45, 7) is -0.610. The Morgan fingerprint density at radius 1 is 1.67 bits per heavy atom. The van der Waals surface area contributed by atoms with Crippen LogP contribution in [0.15, 0.2) is 0 Å². The summed E-state index contributed by atoms with van der Waals surface area (Å²) in [7, 11) is 1.32. The summed E-state index contributed by atoms with van der Waals surface area (Å²) in [5.74, 6) is -0.427. The van der Waals surface area contributed by atoms with Crippen molar-refractivity contribution in [1.82, 2.24) is 9.88 Å². The highest BCUT2D eigenvalue weighted by molar-refractivity contribution is 7.18. The van der Waals surface area contributed by atoms with Crippen LogP contribution in [0.3, 0.4) is 0 Å². The zero-order chi connectivity index (χ0) is 13.3. The van der Waals surface area contributed by atoms with Gasteiger partial charge in [0.15, 0.2) is 5.13 Å². The van der Waals surface area contributed by atoms with Gasteiger partial charge in [-0.1, -0.05) is 11.3 Å². The van der Waals surface area contributed by atoms with Gasteiger partial charge in [0.25, 0.3) is 12.3 Å². The lowest BCUT2D eigenvalue weighted by atomic mass is 10.4. The van der Waals surface area contributed by atoms with Gasteiger partial charge in [0.1, 0.15) is 10.7 Å². The molecular formula is C10H14F2N4OS. The SMILES string of the molecule is CN(CC(F)F)C(=O)c1sc(NC2CC2)nc1N. The van der Waals surface area contributed by atoms with Gasteiger partial charge in [0, 0.05) is 13.1 Å². The molecular weight excluding hydrogens is 262 g/mol. The predicted octanol–water partition coefficient (Wildman–Crippen LogP) is 1.64. The van der Waals surface area contributed by atoms with Gasteiger partial charge in [0.05, 0.1) is 6.54 Å². The minimum absolute atomic E-state index is 0.0919. The van der Waals surface area contributed by atoms with Crippen molar-refractivity contribution in [1.29, 1.82) is 0 Å². The van der Waals surface area contributed by atoms with Crippen molar-refractivity contribution < 1.29 is 13.6 Å². The second-order valence-corrected chi connectivity index (χ2v) is 5.23. The Morgan fingerprint density at radius 3 is 2.89 bits per heavy atom. The van der Waals surface area contributed by atoms with E-state index in [1.165, 1.54) is 7.05 Å². The highest BCUT2D eigenvalue weighted by Crippen LogP contribution is 2.31. The molecule has 1 aliphatic rings. The number of amides is 1. The van der Waals surface area contributed by atoms with E-state index in [1.54, 1.807) is 0 Å². The van der Waals surface area contributed by atoms with Gasteiger partial charge in [0.2, 0.25) is 0 Å². The molecule has 3 N–H and O–H groups in total. The second-order valence-electron chi connectivity index (χ2n) is 4.23. The summed E-state index contributed by atoms with van der Waals surface area (Å²) in [4.78, 5) is 17.1. The maximum absolute atomic E-state index is 12.2. The Labute approximate surface area is 107 Å². The van der Waals surface area contributed by atoms with E-state index < -0.39 is 18.9 Å². The number of hydrogen-bond acceptors (Lipinski definition) is 5.